The molecular formula is C24H25N5O4. The van der Waals surface area contributed by atoms with Crippen molar-refractivity contribution < 1.29 is 14.3 Å². The third kappa shape index (κ3) is 5.20. The summed E-state index contributed by atoms with van der Waals surface area (Å²) < 4.78 is 14.5. The van der Waals surface area contributed by atoms with Crippen LogP contribution in [0.25, 0.3) is 5.78 Å². The lowest BCUT2D eigenvalue weighted by Crippen LogP contribution is -2.23. The lowest BCUT2D eigenvalue weighted by atomic mass is 10.2. The number of nitrogens with zero attached hydrogens (tertiary/aromatic N) is 4. The summed E-state index contributed by atoms with van der Waals surface area (Å²) >= 11 is 0. The highest BCUT2D eigenvalue weighted by molar-refractivity contribution is 5.92. The minimum absolute atomic E-state index is 0.0790. The molecule has 4 aromatic rings. The first-order valence-corrected chi connectivity index (χ1v) is 10.6. The quantitative estimate of drug-likeness (QED) is 0.445. The molecule has 0 aliphatic heterocycles. The molecule has 170 valence electrons. The van der Waals surface area contributed by atoms with Crippen molar-refractivity contribution in [3.8, 4) is 11.5 Å². The van der Waals surface area contributed by atoms with Crippen LogP contribution in [0.2, 0.25) is 0 Å². The monoisotopic (exact) mass is 447 g/mol. The fraction of sp³-hybridized carbons (Fsp3) is 0.250. The fourth-order valence-electron chi connectivity index (χ4n) is 3.26. The van der Waals surface area contributed by atoms with Crippen molar-refractivity contribution in [2.45, 2.75) is 33.4 Å². The number of ether oxygens (including phenoxy) is 2. The first-order valence-electron chi connectivity index (χ1n) is 10.6. The van der Waals surface area contributed by atoms with E-state index >= 15 is 0 Å². The van der Waals surface area contributed by atoms with Gasteiger partial charge in [0.15, 0.2) is 6.61 Å². The molecule has 9 heteroatoms. The van der Waals surface area contributed by atoms with Crippen molar-refractivity contribution in [2.24, 2.45) is 0 Å². The summed E-state index contributed by atoms with van der Waals surface area (Å²) in [5.41, 5.74) is 1.71. The number of carbonyl (C=O) groups excluding carboxylic acids is 1. The van der Waals surface area contributed by atoms with Crippen LogP contribution in [-0.4, -0.2) is 31.7 Å². The molecule has 2 heterocycles. The van der Waals surface area contributed by atoms with Gasteiger partial charge >= 0.3 is 0 Å². The minimum Gasteiger partial charge on any atom is -0.487 e. The number of fused-ring (bicyclic) bond motifs is 1. The van der Waals surface area contributed by atoms with Crippen molar-refractivity contribution in [1.82, 2.24) is 19.2 Å². The van der Waals surface area contributed by atoms with Crippen LogP contribution < -0.4 is 20.3 Å². The zero-order valence-corrected chi connectivity index (χ0v) is 18.7. The van der Waals surface area contributed by atoms with E-state index in [4.69, 9.17) is 9.47 Å². The Morgan fingerprint density at radius 1 is 1.09 bits per heavy atom. The molecule has 9 nitrogen and oxygen atoms in total. The molecule has 0 unspecified atom stereocenters. The third-order valence-corrected chi connectivity index (χ3v) is 4.94. The predicted molar refractivity (Wildman–Crippen MR) is 124 cm³/mol. The second-order valence-corrected chi connectivity index (χ2v) is 7.83. The van der Waals surface area contributed by atoms with E-state index < -0.39 is 0 Å². The molecule has 4 rings (SSSR count). The number of aromatic nitrogens is 4. The molecule has 0 saturated heterocycles. The molecule has 0 aliphatic rings. The maximum atomic E-state index is 12.6. The van der Waals surface area contributed by atoms with Crippen LogP contribution >= 0.6 is 0 Å². The van der Waals surface area contributed by atoms with Gasteiger partial charge in [0.2, 0.25) is 0 Å². The molecule has 0 spiro atoms. The van der Waals surface area contributed by atoms with Gasteiger partial charge < -0.3 is 14.8 Å². The summed E-state index contributed by atoms with van der Waals surface area (Å²) in [7, 11) is 0. The number of hydrogen-bond acceptors (Lipinski definition) is 6. The highest BCUT2D eigenvalue weighted by atomic mass is 16.5. The molecule has 0 fully saturated rings. The van der Waals surface area contributed by atoms with Crippen molar-refractivity contribution in [1.29, 1.82) is 0 Å². The average Bonchev–Trinajstić information content (AvgIpc) is 3.24. The van der Waals surface area contributed by atoms with E-state index in [1.54, 1.807) is 35.3 Å². The molecule has 1 amide bonds. The number of hydrogen-bond donors (Lipinski definition) is 1. The molecule has 2 aromatic heterocycles. The van der Waals surface area contributed by atoms with E-state index in [1.807, 2.05) is 45.0 Å². The van der Waals surface area contributed by atoms with Gasteiger partial charge in [-0.2, -0.15) is 9.50 Å². The van der Waals surface area contributed by atoms with Crippen molar-refractivity contribution >= 4 is 17.4 Å². The van der Waals surface area contributed by atoms with Gasteiger partial charge in [-0.1, -0.05) is 24.3 Å². The van der Waals surface area contributed by atoms with Gasteiger partial charge in [0, 0.05) is 23.9 Å². The summed E-state index contributed by atoms with van der Waals surface area (Å²) in [6, 6.07) is 16.0. The largest absolute Gasteiger partial charge is 0.487 e. The van der Waals surface area contributed by atoms with Gasteiger partial charge in [-0.25, -0.2) is 4.98 Å². The fourth-order valence-corrected chi connectivity index (χ4v) is 3.26. The molecule has 0 bridgehead atoms. The van der Waals surface area contributed by atoms with E-state index in [1.165, 1.54) is 10.6 Å². The van der Waals surface area contributed by atoms with Crippen LogP contribution in [0.5, 0.6) is 11.5 Å². The van der Waals surface area contributed by atoms with Crippen molar-refractivity contribution in [3.05, 3.63) is 82.5 Å². The van der Waals surface area contributed by atoms with Crippen LogP contribution in [0.3, 0.4) is 0 Å². The Labute approximate surface area is 190 Å². The molecule has 1 N–H and O–H groups in total. The lowest BCUT2D eigenvalue weighted by Gasteiger charge is -2.12. The molecule has 2 aromatic carbocycles. The average molecular weight is 447 g/mol. The number of aryl methyl sites for hydroxylation is 1. The molecule has 0 saturated carbocycles. The van der Waals surface area contributed by atoms with Gasteiger partial charge in [-0.05, 0) is 44.5 Å². The Hall–Kier alpha value is -4.14. The predicted octanol–water partition coefficient (Wildman–Crippen LogP) is 3.38. The van der Waals surface area contributed by atoms with Crippen LogP contribution in [0.1, 0.15) is 31.1 Å². The molecule has 0 radical (unpaired) electrons. The Morgan fingerprint density at radius 2 is 1.88 bits per heavy atom. The van der Waals surface area contributed by atoms with E-state index in [9.17, 15) is 9.59 Å². The number of nitrogens with one attached hydrogen (secondary N) is 1. The van der Waals surface area contributed by atoms with Gasteiger partial charge in [-0.15, -0.1) is 0 Å². The normalized spacial score (nSPS) is 11.0. The SMILES string of the molecule is Cc1ccc(NC(=O)COc2ccccc2)cc1OCc1cc(=O)n2c(ncn2C(C)C)n1. The standard InChI is InChI=1S/C24H25N5O4/c1-16(2)28-15-25-24-27-19(12-23(31)29(24)28)13-33-21-11-18(10-9-17(21)3)26-22(30)14-32-20-7-5-4-6-8-20/h4-12,15-16H,13-14H2,1-3H3,(H,26,30). The zero-order chi connectivity index (χ0) is 23.4. The Morgan fingerprint density at radius 3 is 2.64 bits per heavy atom. The zero-order valence-electron chi connectivity index (χ0n) is 18.7. The number of carbonyl (C=O) groups is 1. The Bertz CT molecular complexity index is 1330. The Kier molecular flexibility index (Phi) is 6.39. The summed E-state index contributed by atoms with van der Waals surface area (Å²) in [6.45, 7) is 5.82. The third-order valence-electron chi connectivity index (χ3n) is 4.94. The van der Waals surface area contributed by atoms with Crippen molar-refractivity contribution in [3.63, 3.8) is 0 Å². The summed E-state index contributed by atoms with van der Waals surface area (Å²) in [4.78, 5) is 33.4. The second-order valence-electron chi connectivity index (χ2n) is 7.83. The number of para-hydroxylation sites is 1. The minimum atomic E-state index is -0.283. The second kappa shape index (κ2) is 9.56. The smallest absolute Gasteiger partial charge is 0.274 e. The molecular weight excluding hydrogens is 422 g/mol. The maximum Gasteiger partial charge on any atom is 0.274 e. The summed E-state index contributed by atoms with van der Waals surface area (Å²) in [6.07, 6.45) is 1.59. The number of benzene rings is 2. The number of amides is 1. The molecule has 33 heavy (non-hydrogen) atoms. The molecule has 0 atom stereocenters. The van der Waals surface area contributed by atoms with E-state index in [2.05, 4.69) is 15.3 Å². The number of rotatable bonds is 8. The first kappa shape index (κ1) is 22.1. The van der Waals surface area contributed by atoms with Gasteiger partial charge in [0.05, 0.1) is 5.69 Å². The van der Waals surface area contributed by atoms with Crippen LogP contribution in [0.15, 0.2) is 65.7 Å². The topological polar surface area (TPSA) is 99.7 Å². The first-order chi connectivity index (χ1) is 15.9. The Balaban J connectivity index is 1.42. The summed E-state index contributed by atoms with van der Waals surface area (Å²) in [5, 5.41) is 2.80. The highest BCUT2D eigenvalue weighted by Gasteiger charge is 2.12. The van der Waals surface area contributed by atoms with Crippen LogP contribution in [0.4, 0.5) is 5.69 Å². The van der Waals surface area contributed by atoms with Gasteiger partial charge in [-0.3, -0.25) is 14.3 Å². The van der Waals surface area contributed by atoms with Crippen LogP contribution in [0, 0.1) is 6.92 Å². The molecule has 0 aliphatic carbocycles. The van der Waals surface area contributed by atoms with E-state index in [-0.39, 0.29) is 30.7 Å². The van der Waals surface area contributed by atoms with E-state index in [0.717, 1.165) is 5.56 Å². The number of anilines is 1. The van der Waals surface area contributed by atoms with Gasteiger partial charge in [0.25, 0.3) is 17.2 Å². The van der Waals surface area contributed by atoms with Crippen molar-refractivity contribution in [2.75, 3.05) is 11.9 Å². The summed E-state index contributed by atoms with van der Waals surface area (Å²) in [5.74, 6) is 1.24. The highest BCUT2D eigenvalue weighted by Crippen LogP contribution is 2.23. The maximum absolute atomic E-state index is 12.6. The van der Waals surface area contributed by atoms with E-state index in [0.29, 0.717) is 28.7 Å². The van der Waals surface area contributed by atoms with Gasteiger partial charge in [0.1, 0.15) is 24.4 Å². The lowest BCUT2D eigenvalue weighted by molar-refractivity contribution is -0.118. The van der Waals surface area contributed by atoms with Crippen LogP contribution in [-0.2, 0) is 11.4 Å².